The van der Waals surface area contributed by atoms with E-state index in [0.717, 1.165) is 31.5 Å². The molecule has 2 heterocycles. The molecular formula is C22H37N7. The maximum atomic E-state index is 8.87. The highest BCUT2D eigenvalue weighted by Crippen LogP contribution is 2.06. The Morgan fingerprint density at radius 2 is 1.52 bits per heavy atom. The van der Waals surface area contributed by atoms with E-state index < -0.39 is 0 Å². The number of nitriles is 1. The number of anilines is 2. The highest BCUT2D eigenvalue weighted by atomic mass is 15.1. The van der Waals surface area contributed by atoms with Crippen molar-refractivity contribution in [2.75, 3.05) is 24.6 Å². The molecule has 5 N–H and O–H groups in total. The minimum atomic E-state index is 0. The highest BCUT2D eigenvalue weighted by molar-refractivity contribution is 5.32. The molecule has 7 nitrogen and oxygen atoms in total. The largest absolute Gasteiger partial charge is 0.384 e. The van der Waals surface area contributed by atoms with Crippen molar-refractivity contribution >= 4 is 11.6 Å². The summed E-state index contributed by atoms with van der Waals surface area (Å²) in [5.41, 5.74) is 13.5. The number of rotatable bonds is 8. The van der Waals surface area contributed by atoms with E-state index >= 15 is 0 Å². The fourth-order valence-corrected chi connectivity index (χ4v) is 2.48. The second-order valence-corrected chi connectivity index (χ2v) is 7.17. The zero-order valence-corrected chi connectivity index (χ0v) is 17.4. The number of aromatic nitrogens is 2. The first kappa shape index (κ1) is 26.1. The first-order valence-corrected chi connectivity index (χ1v) is 9.62. The van der Waals surface area contributed by atoms with E-state index in [9.17, 15) is 0 Å². The van der Waals surface area contributed by atoms with Gasteiger partial charge >= 0.3 is 0 Å². The van der Waals surface area contributed by atoms with Gasteiger partial charge in [-0.3, -0.25) is 0 Å². The molecule has 0 fully saturated rings. The first-order chi connectivity index (χ1) is 13.3. The monoisotopic (exact) mass is 399 g/mol. The molecule has 0 radical (unpaired) electrons. The lowest BCUT2D eigenvalue weighted by Crippen LogP contribution is -2.27. The van der Waals surface area contributed by atoms with Crippen molar-refractivity contribution in [2.45, 2.75) is 60.0 Å². The molecule has 0 spiro atoms. The number of nitrogens with zero attached hydrogens (tertiary/aromatic N) is 4. The van der Waals surface area contributed by atoms with E-state index in [1.165, 1.54) is 5.56 Å². The molecule has 2 aromatic heterocycles. The predicted molar refractivity (Wildman–Crippen MR) is 122 cm³/mol. The molecule has 0 saturated carbocycles. The van der Waals surface area contributed by atoms with Crippen LogP contribution >= 0.6 is 0 Å². The van der Waals surface area contributed by atoms with Crippen LogP contribution < -0.4 is 16.8 Å². The number of nitrogens with two attached hydrogens (primary N) is 2. The van der Waals surface area contributed by atoms with Crippen LogP contribution in [-0.2, 0) is 12.8 Å². The Kier molecular flexibility index (Phi) is 12.8. The van der Waals surface area contributed by atoms with Gasteiger partial charge in [0.05, 0.1) is 0 Å². The average Bonchev–Trinajstić information content (AvgIpc) is 2.62. The number of hydrogen-bond acceptors (Lipinski definition) is 7. The summed E-state index contributed by atoms with van der Waals surface area (Å²) >= 11 is 0. The van der Waals surface area contributed by atoms with Crippen LogP contribution in [0.1, 0.15) is 46.2 Å². The van der Waals surface area contributed by atoms with Gasteiger partial charge in [-0.1, -0.05) is 21.3 Å². The quantitative estimate of drug-likeness (QED) is 0.461. The molecule has 0 aliphatic carbocycles. The van der Waals surface area contributed by atoms with Gasteiger partial charge in [-0.2, -0.15) is 5.26 Å². The van der Waals surface area contributed by atoms with Gasteiger partial charge in [0, 0.05) is 31.0 Å². The minimum Gasteiger partial charge on any atom is -0.384 e. The lowest BCUT2D eigenvalue weighted by atomic mass is 10.2. The van der Waals surface area contributed by atoms with Gasteiger partial charge in [-0.25, -0.2) is 9.97 Å². The summed E-state index contributed by atoms with van der Waals surface area (Å²) in [6.45, 7) is 9.99. The van der Waals surface area contributed by atoms with E-state index in [2.05, 4.69) is 35.3 Å². The standard InChI is InChI=1S/C11H16N4.C10H17N3.CH4/c1-9(2)15(8-12)6-4-10-3-5-14-11(13)7-10;1-8(2)12-5-3-9-4-6-13-10(11)7-9;/h3,5,7,9H,4,6H2,1-2H3,(H2,13,14);4,6-8,12H,3,5H2,1-2H3,(H2,11,13);1H4. The summed E-state index contributed by atoms with van der Waals surface area (Å²) in [7, 11) is 0. The van der Waals surface area contributed by atoms with Crippen molar-refractivity contribution in [3.05, 3.63) is 47.8 Å². The van der Waals surface area contributed by atoms with E-state index in [4.69, 9.17) is 16.7 Å². The van der Waals surface area contributed by atoms with E-state index in [1.54, 1.807) is 17.3 Å². The van der Waals surface area contributed by atoms with Gasteiger partial charge in [0.1, 0.15) is 11.6 Å². The first-order valence-electron chi connectivity index (χ1n) is 9.62. The van der Waals surface area contributed by atoms with E-state index in [0.29, 0.717) is 17.7 Å². The summed E-state index contributed by atoms with van der Waals surface area (Å²) in [6.07, 6.45) is 7.44. The maximum absolute atomic E-state index is 8.87. The molecule has 29 heavy (non-hydrogen) atoms. The van der Waals surface area contributed by atoms with Gasteiger partial charge in [-0.05, 0) is 68.6 Å². The summed E-state index contributed by atoms with van der Waals surface area (Å²) < 4.78 is 0. The number of pyridine rings is 2. The molecule has 2 rings (SSSR count). The molecule has 7 heteroatoms. The van der Waals surface area contributed by atoms with Gasteiger partial charge in [0.2, 0.25) is 0 Å². The Morgan fingerprint density at radius 3 is 1.93 bits per heavy atom. The van der Waals surface area contributed by atoms with Crippen LogP contribution in [0.5, 0.6) is 0 Å². The SMILES string of the molecule is C.CC(C)N(C#N)CCc1ccnc(N)c1.CC(C)NCCc1ccnc(N)c1. The molecule has 160 valence electrons. The van der Waals surface area contributed by atoms with Crippen molar-refractivity contribution < 1.29 is 0 Å². The van der Waals surface area contributed by atoms with Crippen molar-refractivity contribution in [3.63, 3.8) is 0 Å². The summed E-state index contributed by atoms with van der Waals surface area (Å²) in [4.78, 5) is 9.61. The minimum absolute atomic E-state index is 0. The summed E-state index contributed by atoms with van der Waals surface area (Å²) in [5.74, 6) is 1.13. The fraction of sp³-hybridized carbons (Fsp3) is 0.500. The van der Waals surface area contributed by atoms with Crippen LogP contribution in [0.3, 0.4) is 0 Å². The molecule has 0 amide bonds. The van der Waals surface area contributed by atoms with E-state index in [1.807, 2.05) is 38.1 Å². The van der Waals surface area contributed by atoms with Gasteiger partial charge in [0.25, 0.3) is 0 Å². The third kappa shape index (κ3) is 11.6. The molecule has 0 saturated heterocycles. The maximum Gasteiger partial charge on any atom is 0.179 e. The van der Waals surface area contributed by atoms with Gasteiger partial charge in [0.15, 0.2) is 6.19 Å². The fourth-order valence-electron chi connectivity index (χ4n) is 2.48. The topological polar surface area (TPSA) is 117 Å². The summed E-state index contributed by atoms with van der Waals surface area (Å²) in [6, 6.07) is 8.47. The molecular weight excluding hydrogens is 362 g/mol. The van der Waals surface area contributed by atoms with Gasteiger partial charge in [-0.15, -0.1) is 0 Å². The third-order valence-electron chi connectivity index (χ3n) is 4.05. The molecule has 0 aromatic carbocycles. The Balaban J connectivity index is 0.000000527. The second kappa shape index (κ2) is 14.2. The van der Waals surface area contributed by atoms with Crippen LogP contribution in [0, 0.1) is 11.5 Å². The van der Waals surface area contributed by atoms with Crippen LogP contribution in [0.4, 0.5) is 11.6 Å². The van der Waals surface area contributed by atoms with Crippen molar-refractivity contribution in [1.82, 2.24) is 20.2 Å². The van der Waals surface area contributed by atoms with Crippen LogP contribution in [-0.4, -0.2) is 40.0 Å². The lowest BCUT2D eigenvalue weighted by molar-refractivity contribution is 0.329. The van der Waals surface area contributed by atoms with Gasteiger partial charge < -0.3 is 21.7 Å². The van der Waals surface area contributed by atoms with Crippen LogP contribution in [0.2, 0.25) is 0 Å². The molecule has 0 aliphatic rings. The Labute approximate surface area is 176 Å². The Bertz CT molecular complexity index is 738. The predicted octanol–water partition coefficient (Wildman–Crippen LogP) is 3.24. The number of hydrogen-bond donors (Lipinski definition) is 3. The Morgan fingerprint density at radius 1 is 1.00 bits per heavy atom. The van der Waals surface area contributed by atoms with Crippen molar-refractivity contribution in [3.8, 4) is 6.19 Å². The van der Waals surface area contributed by atoms with E-state index in [-0.39, 0.29) is 13.5 Å². The summed E-state index contributed by atoms with van der Waals surface area (Å²) in [5, 5.41) is 12.2. The Hall–Kier alpha value is -2.85. The van der Waals surface area contributed by atoms with Crippen molar-refractivity contribution in [1.29, 1.82) is 5.26 Å². The molecule has 0 aliphatic heterocycles. The zero-order valence-electron chi connectivity index (χ0n) is 17.4. The normalized spacial score (nSPS) is 9.97. The smallest absolute Gasteiger partial charge is 0.179 e. The third-order valence-corrected chi connectivity index (χ3v) is 4.05. The number of nitrogens with one attached hydrogen (secondary N) is 1. The molecule has 2 aromatic rings. The zero-order chi connectivity index (χ0) is 20.9. The highest BCUT2D eigenvalue weighted by Gasteiger charge is 2.06. The molecule has 0 atom stereocenters. The average molecular weight is 400 g/mol. The second-order valence-electron chi connectivity index (χ2n) is 7.17. The molecule has 0 unspecified atom stereocenters. The number of nitrogen functional groups attached to an aromatic ring is 2. The van der Waals surface area contributed by atoms with Crippen molar-refractivity contribution in [2.24, 2.45) is 0 Å². The molecule has 0 bridgehead atoms. The van der Waals surface area contributed by atoms with Crippen LogP contribution in [0.25, 0.3) is 0 Å². The lowest BCUT2D eigenvalue weighted by Gasteiger charge is -2.19. The van der Waals surface area contributed by atoms with Crippen LogP contribution in [0.15, 0.2) is 36.7 Å².